The van der Waals surface area contributed by atoms with E-state index in [1.807, 2.05) is 0 Å². The Morgan fingerprint density at radius 3 is 2.43 bits per heavy atom. The maximum Gasteiger partial charge on any atom is 1.00 e. The van der Waals surface area contributed by atoms with Crippen molar-refractivity contribution in [2.45, 2.75) is 6.42 Å². The maximum absolute atomic E-state index is 12.0. The molecule has 0 unspecified atom stereocenters. The SMILES string of the molecule is CN1CCCN(C[B-](F)(F)F)C1=O.[K+]. The van der Waals surface area contributed by atoms with Crippen LogP contribution in [0.1, 0.15) is 6.42 Å². The van der Waals surface area contributed by atoms with E-state index in [0.717, 1.165) is 4.90 Å². The molecule has 0 aromatic heterocycles. The third-order valence-corrected chi connectivity index (χ3v) is 1.95. The van der Waals surface area contributed by atoms with Crippen molar-refractivity contribution in [1.82, 2.24) is 9.80 Å². The molecule has 76 valence electrons. The van der Waals surface area contributed by atoms with Gasteiger partial charge in [-0.1, -0.05) is 0 Å². The van der Waals surface area contributed by atoms with Crippen molar-refractivity contribution in [1.29, 1.82) is 0 Å². The Morgan fingerprint density at radius 1 is 1.36 bits per heavy atom. The zero-order valence-corrected chi connectivity index (χ0v) is 11.5. The number of hydrogen-bond acceptors (Lipinski definition) is 1. The van der Waals surface area contributed by atoms with Gasteiger partial charge in [-0.05, 0) is 12.9 Å². The van der Waals surface area contributed by atoms with Gasteiger partial charge in [0.05, 0.1) is 0 Å². The van der Waals surface area contributed by atoms with E-state index in [1.54, 1.807) is 0 Å². The van der Waals surface area contributed by atoms with Crippen molar-refractivity contribution in [2.75, 3.05) is 26.6 Å². The molecule has 8 heteroatoms. The van der Waals surface area contributed by atoms with Crippen LogP contribution < -0.4 is 51.4 Å². The summed E-state index contributed by atoms with van der Waals surface area (Å²) >= 11 is 0. The minimum absolute atomic E-state index is 0. The van der Waals surface area contributed by atoms with Crippen molar-refractivity contribution in [3.63, 3.8) is 0 Å². The molecule has 0 atom stereocenters. The second kappa shape index (κ2) is 5.74. The number of amides is 2. The molecule has 0 aromatic rings. The second-order valence-corrected chi connectivity index (χ2v) is 3.21. The fourth-order valence-corrected chi connectivity index (χ4v) is 1.35. The van der Waals surface area contributed by atoms with E-state index in [1.165, 1.54) is 11.9 Å². The van der Waals surface area contributed by atoms with Gasteiger partial charge >= 0.3 is 64.4 Å². The van der Waals surface area contributed by atoms with Crippen molar-refractivity contribution >= 4 is 13.0 Å². The van der Waals surface area contributed by atoms with E-state index in [-0.39, 0.29) is 57.9 Å². The first-order chi connectivity index (χ1) is 5.90. The molecule has 1 aliphatic rings. The van der Waals surface area contributed by atoms with Crippen LogP contribution in [-0.2, 0) is 0 Å². The first kappa shape index (κ1) is 14.8. The number of hydrogen-bond donors (Lipinski definition) is 0. The molecule has 1 fully saturated rings. The summed E-state index contributed by atoms with van der Waals surface area (Å²) in [4.78, 5) is 13.3. The van der Waals surface area contributed by atoms with Gasteiger partial charge in [-0.15, -0.1) is 0 Å². The van der Waals surface area contributed by atoms with Crippen LogP contribution in [0.3, 0.4) is 0 Å². The van der Waals surface area contributed by atoms with Gasteiger partial charge in [0.2, 0.25) is 0 Å². The summed E-state index contributed by atoms with van der Waals surface area (Å²) in [6.07, 6.45) is -0.475. The molecule has 3 nitrogen and oxygen atoms in total. The molecular weight excluding hydrogens is 223 g/mol. The average Bonchev–Trinajstić information content (AvgIpc) is 1.96. The zero-order chi connectivity index (χ0) is 10.1. The average molecular weight is 234 g/mol. The first-order valence-corrected chi connectivity index (χ1v) is 4.11. The predicted molar refractivity (Wildman–Crippen MR) is 43.3 cm³/mol. The van der Waals surface area contributed by atoms with Gasteiger partial charge in [0, 0.05) is 20.1 Å². The molecule has 0 aliphatic carbocycles. The number of rotatable bonds is 2. The minimum atomic E-state index is -4.90. The van der Waals surface area contributed by atoms with Crippen LogP contribution in [-0.4, -0.2) is 49.4 Å². The van der Waals surface area contributed by atoms with Gasteiger partial charge in [0.25, 0.3) is 0 Å². The van der Waals surface area contributed by atoms with Crippen LogP contribution in [0.5, 0.6) is 0 Å². The second-order valence-electron chi connectivity index (χ2n) is 3.21. The van der Waals surface area contributed by atoms with Crippen LogP contribution in [0, 0.1) is 0 Å². The van der Waals surface area contributed by atoms with Crippen molar-refractivity contribution in [2.24, 2.45) is 0 Å². The fraction of sp³-hybridized carbons (Fsp3) is 0.833. The summed E-state index contributed by atoms with van der Waals surface area (Å²) in [6.45, 7) is -4.15. The quantitative estimate of drug-likeness (QED) is 0.514. The van der Waals surface area contributed by atoms with E-state index in [0.29, 0.717) is 13.0 Å². The van der Waals surface area contributed by atoms with Crippen LogP contribution in [0.15, 0.2) is 0 Å². The smallest absolute Gasteiger partial charge is 0.448 e. The monoisotopic (exact) mass is 234 g/mol. The Kier molecular flexibility index (Phi) is 6.05. The molecular formula is C6H11BF3KN2O. The van der Waals surface area contributed by atoms with Crippen molar-refractivity contribution in [3.8, 4) is 0 Å². The van der Waals surface area contributed by atoms with Crippen LogP contribution in [0.4, 0.5) is 17.7 Å². The summed E-state index contributed by atoms with van der Waals surface area (Å²) in [5, 5.41) is 0. The Balaban J connectivity index is 0.00000169. The zero-order valence-electron chi connectivity index (χ0n) is 8.34. The van der Waals surface area contributed by atoms with Gasteiger partial charge in [-0.3, -0.25) is 0 Å². The van der Waals surface area contributed by atoms with E-state index in [4.69, 9.17) is 0 Å². The van der Waals surface area contributed by atoms with Gasteiger partial charge in [-0.25, -0.2) is 4.79 Å². The molecule has 14 heavy (non-hydrogen) atoms. The van der Waals surface area contributed by atoms with Gasteiger partial charge in [0.1, 0.15) is 0 Å². The van der Waals surface area contributed by atoms with Gasteiger partial charge in [-0.2, -0.15) is 0 Å². The van der Waals surface area contributed by atoms with Crippen molar-refractivity contribution < 1.29 is 69.1 Å². The summed E-state index contributed by atoms with van der Waals surface area (Å²) in [6, 6.07) is -0.523. The Bertz CT molecular complexity index is 214. The van der Waals surface area contributed by atoms with Gasteiger partial charge < -0.3 is 22.7 Å². The number of halogens is 3. The molecule has 1 saturated heterocycles. The fourth-order valence-electron chi connectivity index (χ4n) is 1.35. The summed E-state index contributed by atoms with van der Waals surface area (Å²) in [5.74, 6) is 0. The van der Waals surface area contributed by atoms with Gasteiger partial charge in [0.15, 0.2) is 0 Å². The third-order valence-electron chi connectivity index (χ3n) is 1.95. The van der Waals surface area contributed by atoms with Crippen molar-refractivity contribution in [3.05, 3.63) is 0 Å². The Labute approximate surface area is 123 Å². The Hall–Kier alpha value is 0.761. The maximum atomic E-state index is 12.0. The summed E-state index contributed by atoms with van der Waals surface area (Å²) in [5.41, 5.74) is 0. The molecule has 0 aromatic carbocycles. The number of nitrogens with zero attached hydrogens (tertiary/aromatic N) is 2. The standard InChI is InChI=1S/C6H11BF3N2O.K/c1-11-3-2-4-12(6(11)13)5-7(8,9)10;/h2-5H2,1H3;/q-1;+1. The largest absolute Gasteiger partial charge is 1.00 e. The molecule has 2 amide bonds. The molecule has 1 heterocycles. The molecule has 1 rings (SSSR count). The van der Waals surface area contributed by atoms with Crippen LogP contribution in [0.25, 0.3) is 0 Å². The predicted octanol–water partition coefficient (Wildman–Crippen LogP) is -1.87. The topological polar surface area (TPSA) is 23.6 Å². The minimum Gasteiger partial charge on any atom is -0.448 e. The molecule has 0 radical (unpaired) electrons. The van der Waals surface area contributed by atoms with E-state index < -0.39 is 19.5 Å². The molecule has 0 bridgehead atoms. The summed E-state index contributed by atoms with van der Waals surface area (Å²) < 4.78 is 36.0. The molecule has 0 N–H and O–H groups in total. The third kappa shape index (κ3) is 4.52. The molecule has 0 spiro atoms. The summed E-state index contributed by atoms with van der Waals surface area (Å²) in [7, 11) is 1.51. The Morgan fingerprint density at radius 2 is 1.93 bits per heavy atom. The number of carbonyl (C=O) groups excluding carboxylic acids is 1. The van der Waals surface area contributed by atoms with E-state index >= 15 is 0 Å². The molecule has 0 saturated carbocycles. The normalized spacial score (nSPS) is 18.1. The van der Waals surface area contributed by atoms with Crippen LogP contribution in [0.2, 0.25) is 0 Å². The number of urea groups is 1. The number of carbonyl (C=O) groups is 1. The van der Waals surface area contributed by atoms with E-state index in [2.05, 4.69) is 0 Å². The molecule has 1 aliphatic heterocycles. The first-order valence-electron chi connectivity index (χ1n) is 4.11. The van der Waals surface area contributed by atoms with Crippen LogP contribution >= 0.6 is 0 Å². The van der Waals surface area contributed by atoms with E-state index in [9.17, 15) is 17.7 Å².